The number of nitrogens with two attached hydrogens (primary N) is 1. The molecule has 0 fully saturated rings. The van der Waals surface area contributed by atoms with Gasteiger partial charge in [-0.15, -0.1) is 0 Å². The molecule has 3 nitrogen and oxygen atoms in total. The lowest BCUT2D eigenvalue weighted by Gasteiger charge is -2.08. The van der Waals surface area contributed by atoms with Crippen LogP contribution in [-0.2, 0) is 12.8 Å². The molecule has 86 valence electrons. The highest BCUT2D eigenvalue weighted by molar-refractivity contribution is 7.98. The van der Waals surface area contributed by atoms with Crippen LogP contribution in [0.5, 0.6) is 0 Å². The maximum absolute atomic E-state index is 6.14. The molecule has 0 aromatic carbocycles. The van der Waals surface area contributed by atoms with Crippen LogP contribution in [0.2, 0.25) is 5.02 Å². The second kappa shape index (κ2) is 5.77. The van der Waals surface area contributed by atoms with Crippen molar-refractivity contribution in [3.05, 3.63) is 16.4 Å². The molecule has 1 unspecified atom stereocenters. The highest BCUT2D eigenvalue weighted by Gasteiger charge is 2.11. The second-order valence-corrected chi connectivity index (χ2v) is 5.06. The minimum absolute atomic E-state index is 0.281. The summed E-state index contributed by atoms with van der Waals surface area (Å²) in [6.45, 7) is 4.03. The van der Waals surface area contributed by atoms with Gasteiger partial charge in [0.15, 0.2) is 0 Å². The topological polar surface area (TPSA) is 43.8 Å². The average Bonchev–Trinajstić information content (AvgIpc) is 2.44. The van der Waals surface area contributed by atoms with Crippen molar-refractivity contribution in [2.45, 2.75) is 32.1 Å². The predicted molar refractivity (Wildman–Crippen MR) is 67.4 cm³/mol. The van der Waals surface area contributed by atoms with Crippen molar-refractivity contribution < 1.29 is 0 Å². The van der Waals surface area contributed by atoms with Gasteiger partial charge >= 0.3 is 0 Å². The zero-order chi connectivity index (χ0) is 11.4. The van der Waals surface area contributed by atoms with Gasteiger partial charge in [0.05, 0.1) is 16.4 Å². The van der Waals surface area contributed by atoms with Crippen LogP contribution in [0.3, 0.4) is 0 Å². The zero-order valence-corrected chi connectivity index (χ0v) is 11.0. The van der Waals surface area contributed by atoms with Gasteiger partial charge in [-0.05, 0) is 13.3 Å². The van der Waals surface area contributed by atoms with Gasteiger partial charge in [0.2, 0.25) is 0 Å². The van der Waals surface area contributed by atoms with Crippen LogP contribution in [0.15, 0.2) is 0 Å². The number of halogens is 1. The number of aromatic nitrogens is 2. The van der Waals surface area contributed by atoms with Crippen molar-refractivity contribution in [3.8, 4) is 0 Å². The van der Waals surface area contributed by atoms with Crippen LogP contribution in [-0.4, -0.2) is 21.6 Å². The van der Waals surface area contributed by atoms with Gasteiger partial charge in [-0.2, -0.15) is 16.9 Å². The van der Waals surface area contributed by atoms with Gasteiger partial charge in [-0.1, -0.05) is 18.5 Å². The summed E-state index contributed by atoms with van der Waals surface area (Å²) in [6, 6.07) is 0.281. The summed E-state index contributed by atoms with van der Waals surface area (Å²) in [7, 11) is 1.93. The Morgan fingerprint density at radius 2 is 2.27 bits per heavy atom. The molecule has 0 aliphatic heterocycles. The molecule has 0 amide bonds. The maximum atomic E-state index is 6.14. The van der Waals surface area contributed by atoms with E-state index in [0.717, 1.165) is 34.3 Å². The first-order valence-electron chi connectivity index (χ1n) is 5.07. The van der Waals surface area contributed by atoms with E-state index >= 15 is 0 Å². The SMILES string of the molecule is CCC(N)CSCc1c(Cl)c(C)nn1C. The Morgan fingerprint density at radius 1 is 1.60 bits per heavy atom. The van der Waals surface area contributed by atoms with Gasteiger partial charge < -0.3 is 5.73 Å². The summed E-state index contributed by atoms with van der Waals surface area (Å²) < 4.78 is 1.85. The van der Waals surface area contributed by atoms with Crippen LogP contribution >= 0.6 is 23.4 Å². The fourth-order valence-corrected chi connectivity index (χ4v) is 2.75. The number of nitrogens with zero attached hydrogens (tertiary/aromatic N) is 2. The molecule has 1 heterocycles. The molecule has 0 saturated heterocycles. The number of thioether (sulfide) groups is 1. The van der Waals surface area contributed by atoms with E-state index in [1.54, 1.807) is 0 Å². The van der Waals surface area contributed by atoms with Gasteiger partial charge in [-0.3, -0.25) is 4.68 Å². The normalized spacial score (nSPS) is 13.1. The highest BCUT2D eigenvalue weighted by Crippen LogP contribution is 2.23. The minimum Gasteiger partial charge on any atom is -0.327 e. The molecule has 1 aromatic rings. The molecule has 1 atom stereocenters. The van der Waals surface area contributed by atoms with Crippen molar-refractivity contribution in [1.82, 2.24) is 9.78 Å². The maximum Gasteiger partial charge on any atom is 0.0855 e. The Hall–Kier alpha value is -0.190. The molecule has 0 bridgehead atoms. The number of hydrogen-bond acceptors (Lipinski definition) is 3. The molecular formula is C10H18ClN3S. The molecular weight excluding hydrogens is 230 g/mol. The van der Waals surface area contributed by atoms with Gasteiger partial charge in [0.1, 0.15) is 0 Å². The van der Waals surface area contributed by atoms with Crippen molar-refractivity contribution in [2.24, 2.45) is 12.8 Å². The van der Waals surface area contributed by atoms with E-state index < -0.39 is 0 Å². The Labute approximate surface area is 100 Å². The van der Waals surface area contributed by atoms with Gasteiger partial charge in [-0.25, -0.2) is 0 Å². The Bertz CT molecular complexity index is 325. The van der Waals surface area contributed by atoms with E-state index in [9.17, 15) is 0 Å². The minimum atomic E-state index is 0.281. The molecule has 0 saturated carbocycles. The van der Waals surface area contributed by atoms with E-state index in [1.807, 2.05) is 30.4 Å². The molecule has 0 aliphatic rings. The third-order valence-electron chi connectivity index (χ3n) is 2.36. The summed E-state index contributed by atoms with van der Waals surface area (Å²) >= 11 is 7.95. The van der Waals surface area contributed by atoms with Crippen molar-refractivity contribution in [3.63, 3.8) is 0 Å². The lowest BCUT2D eigenvalue weighted by molar-refractivity contribution is 0.718. The fraction of sp³-hybridized carbons (Fsp3) is 0.700. The van der Waals surface area contributed by atoms with Crippen LogP contribution in [0, 0.1) is 6.92 Å². The quantitative estimate of drug-likeness (QED) is 0.869. The standard InChI is InChI=1S/C10H18ClN3S/c1-4-8(12)5-15-6-9-10(11)7(2)13-14(9)3/h8H,4-6,12H2,1-3H3. The first-order valence-corrected chi connectivity index (χ1v) is 6.60. The number of rotatable bonds is 5. The summed E-state index contributed by atoms with van der Waals surface area (Å²) in [6.07, 6.45) is 1.02. The van der Waals surface area contributed by atoms with E-state index in [0.29, 0.717) is 0 Å². The fourth-order valence-electron chi connectivity index (χ4n) is 1.26. The first kappa shape index (κ1) is 12.9. The molecule has 1 aromatic heterocycles. The highest BCUT2D eigenvalue weighted by atomic mass is 35.5. The average molecular weight is 248 g/mol. The Morgan fingerprint density at radius 3 is 2.73 bits per heavy atom. The lowest BCUT2D eigenvalue weighted by Crippen LogP contribution is -2.21. The van der Waals surface area contributed by atoms with Crippen molar-refractivity contribution >= 4 is 23.4 Å². The van der Waals surface area contributed by atoms with Crippen LogP contribution in [0.1, 0.15) is 24.7 Å². The molecule has 5 heteroatoms. The zero-order valence-electron chi connectivity index (χ0n) is 9.46. The largest absolute Gasteiger partial charge is 0.327 e. The molecule has 0 aliphatic carbocycles. The Kier molecular flexibility index (Phi) is 4.96. The van der Waals surface area contributed by atoms with Crippen LogP contribution < -0.4 is 5.73 Å². The van der Waals surface area contributed by atoms with Crippen molar-refractivity contribution in [1.29, 1.82) is 0 Å². The van der Waals surface area contributed by atoms with Crippen molar-refractivity contribution in [2.75, 3.05) is 5.75 Å². The third-order valence-corrected chi connectivity index (χ3v) is 3.99. The smallest absolute Gasteiger partial charge is 0.0855 e. The third kappa shape index (κ3) is 3.40. The lowest BCUT2D eigenvalue weighted by atomic mass is 10.3. The van der Waals surface area contributed by atoms with Crippen LogP contribution in [0.4, 0.5) is 0 Å². The molecule has 15 heavy (non-hydrogen) atoms. The summed E-state index contributed by atoms with van der Waals surface area (Å²) in [5.41, 5.74) is 7.83. The Balaban J connectivity index is 2.50. The van der Waals surface area contributed by atoms with E-state index in [4.69, 9.17) is 17.3 Å². The monoisotopic (exact) mass is 247 g/mol. The van der Waals surface area contributed by atoms with Gasteiger partial charge in [0, 0.05) is 24.6 Å². The molecule has 0 spiro atoms. The van der Waals surface area contributed by atoms with Gasteiger partial charge in [0.25, 0.3) is 0 Å². The summed E-state index contributed by atoms with van der Waals surface area (Å²) in [5.74, 6) is 1.85. The first-order chi connectivity index (χ1) is 7.06. The molecule has 0 radical (unpaired) electrons. The van der Waals surface area contributed by atoms with Crippen LogP contribution in [0.25, 0.3) is 0 Å². The molecule has 1 rings (SSSR count). The van der Waals surface area contributed by atoms with E-state index in [-0.39, 0.29) is 6.04 Å². The second-order valence-electron chi connectivity index (χ2n) is 3.65. The van der Waals surface area contributed by atoms with E-state index in [1.165, 1.54) is 0 Å². The summed E-state index contributed by atoms with van der Waals surface area (Å²) in [4.78, 5) is 0. The number of aryl methyl sites for hydroxylation is 2. The summed E-state index contributed by atoms with van der Waals surface area (Å²) in [5, 5.41) is 5.06. The van der Waals surface area contributed by atoms with E-state index in [2.05, 4.69) is 12.0 Å². The molecule has 2 N–H and O–H groups in total. The predicted octanol–water partition coefficient (Wildman–Crippen LogP) is 2.35. The number of hydrogen-bond donors (Lipinski definition) is 1.